The molecule has 3 atom stereocenters. The van der Waals surface area contributed by atoms with Gasteiger partial charge in [-0.05, 0) is 13.3 Å². The number of anilines is 1. The number of aromatic nitrogens is 1. The first-order valence-electron chi connectivity index (χ1n) is 14.0. The third kappa shape index (κ3) is 8.41. The molecule has 246 valence electrons. The standard InChI is InChI=1S/C26H34N6O11S2/c1-4-40-23(35)15-12-44-22-18(29-20(33)17(30-38-3)16-13-45-25(27)28-16)21(34)32(22)19(15)24(36)42-14(2)43-26(37)41-9-5-6-31-7-10-39-11-8-31/h13-14,18,22H,4-12H2,1-3H3,(H2,27,28)(H,29,33)/b30-17-/t14?,18?,22-/m1/s1. The molecule has 3 aliphatic heterocycles. The van der Waals surface area contributed by atoms with Crippen molar-refractivity contribution in [1.29, 1.82) is 0 Å². The maximum absolute atomic E-state index is 13.3. The highest BCUT2D eigenvalue weighted by atomic mass is 32.2. The van der Waals surface area contributed by atoms with Crippen molar-refractivity contribution < 1.29 is 52.5 Å². The molecular weight excluding hydrogens is 636 g/mol. The van der Waals surface area contributed by atoms with Crippen LogP contribution in [0.25, 0.3) is 0 Å². The lowest BCUT2D eigenvalue weighted by Gasteiger charge is -2.49. The Hall–Kier alpha value is -3.94. The molecule has 2 unspecified atom stereocenters. The smallest absolute Gasteiger partial charge is 0.463 e. The molecule has 2 amide bonds. The van der Waals surface area contributed by atoms with E-state index in [4.69, 9.17) is 34.3 Å². The number of esters is 2. The second-order valence-electron chi connectivity index (χ2n) is 9.60. The van der Waals surface area contributed by atoms with Gasteiger partial charge in [-0.1, -0.05) is 5.16 Å². The number of β-lactam (4-membered cyclic amide) rings is 1. The summed E-state index contributed by atoms with van der Waals surface area (Å²) in [5, 5.41) is 7.21. The maximum Gasteiger partial charge on any atom is 0.511 e. The molecule has 19 heteroatoms. The molecule has 2 fully saturated rings. The molecule has 3 aliphatic rings. The Bertz CT molecular complexity index is 1350. The highest BCUT2D eigenvalue weighted by Gasteiger charge is 2.56. The minimum absolute atomic E-state index is 0.0189. The van der Waals surface area contributed by atoms with E-state index >= 15 is 0 Å². The number of ether oxygens (including phenoxy) is 5. The number of nitrogens with one attached hydrogen (secondary N) is 1. The van der Waals surface area contributed by atoms with Gasteiger partial charge in [0.25, 0.3) is 11.8 Å². The minimum Gasteiger partial charge on any atom is -0.463 e. The molecule has 0 spiro atoms. The third-order valence-electron chi connectivity index (χ3n) is 6.61. The van der Waals surface area contributed by atoms with Gasteiger partial charge in [-0.3, -0.25) is 19.4 Å². The monoisotopic (exact) mass is 670 g/mol. The fourth-order valence-electron chi connectivity index (χ4n) is 4.55. The van der Waals surface area contributed by atoms with Crippen molar-refractivity contribution in [3.05, 3.63) is 22.3 Å². The highest BCUT2D eigenvalue weighted by molar-refractivity contribution is 8.00. The summed E-state index contributed by atoms with van der Waals surface area (Å²) < 4.78 is 25.8. The van der Waals surface area contributed by atoms with E-state index in [9.17, 15) is 24.0 Å². The average molecular weight is 671 g/mol. The maximum atomic E-state index is 13.3. The predicted molar refractivity (Wildman–Crippen MR) is 159 cm³/mol. The number of carbonyl (C=O) groups excluding carboxylic acids is 5. The predicted octanol–water partition coefficient (Wildman–Crippen LogP) is 0.0576. The Morgan fingerprint density at radius 1 is 1.20 bits per heavy atom. The van der Waals surface area contributed by atoms with Gasteiger partial charge in [-0.25, -0.2) is 19.4 Å². The lowest BCUT2D eigenvalue weighted by atomic mass is 10.0. The summed E-state index contributed by atoms with van der Waals surface area (Å²) in [5.74, 6) is -3.42. The molecule has 1 aromatic rings. The zero-order valence-electron chi connectivity index (χ0n) is 24.8. The summed E-state index contributed by atoms with van der Waals surface area (Å²) in [5.41, 5.74) is 5.12. The Labute approximate surface area is 266 Å². The number of nitrogen functional groups attached to an aromatic ring is 1. The molecule has 2 saturated heterocycles. The van der Waals surface area contributed by atoms with Crippen LogP contribution in [-0.2, 0) is 47.7 Å². The van der Waals surface area contributed by atoms with Crippen LogP contribution in [0.3, 0.4) is 0 Å². The van der Waals surface area contributed by atoms with Crippen LogP contribution in [0, 0.1) is 0 Å². The number of thiazole rings is 1. The zero-order valence-corrected chi connectivity index (χ0v) is 26.5. The van der Waals surface area contributed by atoms with Gasteiger partial charge in [-0.2, -0.15) is 0 Å². The van der Waals surface area contributed by atoms with Gasteiger partial charge in [0.2, 0.25) is 6.29 Å². The number of morpholine rings is 1. The van der Waals surface area contributed by atoms with Crippen LogP contribution in [0.4, 0.5) is 9.93 Å². The first-order valence-corrected chi connectivity index (χ1v) is 15.9. The molecule has 4 rings (SSSR count). The molecule has 0 aliphatic carbocycles. The van der Waals surface area contributed by atoms with Crippen molar-refractivity contribution in [2.75, 3.05) is 64.7 Å². The molecule has 0 radical (unpaired) electrons. The first kappa shape index (κ1) is 33.9. The van der Waals surface area contributed by atoms with Crippen molar-refractivity contribution in [2.24, 2.45) is 5.16 Å². The van der Waals surface area contributed by atoms with Crippen molar-refractivity contribution in [2.45, 2.75) is 38.0 Å². The molecule has 4 heterocycles. The topological polar surface area (TPSA) is 211 Å². The van der Waals surface area contributed by atoms with Gasteiger partial charge < -0.3 is 39.6 Å². The van der Waals surface area contributed by atoms with Gasteiger partial charge in [-0.15, -0.1) is 23.1 Å². The number of hydrogen-bond acceptors (Lipinski definition) is 17. The van der Waals surface area contributed by atoms with Gasteiger partial charge in [0.05, 0.1) is 32.0 Å². The molecule has 45 heavy (non-hydrogen) atoms. The van der Waals surface area contributed by atoms with E-state index in [1.165, 1.54) is 19.4 Å². The number of rotatable bonds is 13. The van der Waals surface area contributed by atoms with E-state index in [0.29, 0.717) is 19.6 Å². The Morgan fingerprint density at radius 2 is 1.96 bits per heavy atom. The molecule has 3 N–H and O–H groups in total. The van der Waals surface area contributed by atoms with Crippen LogP contribution >= 0.6 is 23.1 Å². The van der Waals surface area contributed by atoms with Crippen LogP contribution < -0.4 is 11.1 Å². The largest absolute Gasteiger partial charge is 0.511 e. The van der Waals surface area contributed by atoms with Crippen molar-refractivity contribution in [3.8, 4) is 0 Å². The fraction of sp³-hybridized carbons (Fsp3) is 0.577. The second kappa shape index (κ2) is 15.9. The summed E-state index contributed by atoms with van der Waals surface area (Å²) in [4.78, 5) is 76.5. The van der Waals surface area contributed by atoms with Gasteiger partial charge >= 0.3 is 18.1 Å². The van der Waals surface area contributed by atoms with E-state index in [2.05, 4.69) is 20.4 Å². The SMILES string of the molecule is CCOC(=O)C1=C(C(=O)OC(C)OC(=O)OCCCN2CCOCC2)N2C(=O)C(NC(=O)/C(=N\OC)c3csc(N)n3)[C@H]2SC1. The minimum atomic E-state index is -1.42. The van der Waals surface area contributed by atoms with E-state index in [0.717, 1.165) is 47.6 Å². The van der Waals surface area contributed by atoms with Crippen molar-refractivity contribution >= 4 is 63.9 Å². The molecule has 0 bridgehead atoms. The Morgan fingerprint density at radius 3 is 2.62 bits per heavy atom. The molecule has 17 nitrogen and oxygen atoms in total. The Balaban J connectivity index is 1.38. The Kier molecular flexibility index (Phi) is 12.0. The van der Waals surface area contributed by atoms with Gasteiger partial charge in [0.1, 0.15) is 29.9 Å². The summed E-state index contributed by atoms with van der Waals surface area (Å²) in [6.07, 6.45) is -1.89. The summed E-state index contributed by atoms with van der Waals surface area (Å²) >= 11 is 2.22. The number of fused-ring (bicyclic) bond motifs is 1. The lowest BCUT2D eigenvalue weighted by molar-refractivity contribution is -0.169. The number of nitrogens with two attached hydrogens (primary N) is 1. The number of oxime groups is 1. The summed E-state index contributed by atoms with van der Waals surface area (Å²) in [7, 11) is 1.24. The molecule has 0 saturated carbocycles. The zero-order chi connectivity index (χ0) is 32.5. The van der Waals surface area contributed by atoms with Gasteiger partial charge in [0.15, 0.2) is 10.8 Å². The van der Waals surface area contributed by atoms with E-state index < -0.39 is 47.6 Å². The summed E-state index contributed by atoms with van der Waals surface area (Å²) in [6, 6.07) is -1.09. The first-order chi connectivity index (χ1) is 21.6. The van der Waals surface area contributed by atoms with Crippen LogP contribution in [0.2, 0.25) is 0 Å². The fourth-order valence-corrected chi connectivity index (χ4v) is 6.43. The van der Waals surface area contributed by atoms with E-state index in [-0.39, 0.29) is 46.8 Å². The average Bonchev–Trinajstić information content (AvgIpc) is 3.45. The van der Waals surface area contributed by atoms with Crippen LogP contribution in [0.15, 0.2) is 21.8 Å². The number of amides is 2. The summed E-state index contributed by atoms with van der Waals surface area (Å²) in [6.45, 7) is 6.63. The highest BCUT2D eigenvalue weighted by Crippen LogP contribution is 2.41. The number of hydrogen-bond donors (Lipinski definition) is 2. The molecule has 0 aromatic carbocycles. The normalized spacial score (nSPS) is 20.8. The second-order valence-corrected chi connectivity index (χ2v) is 11.6. The van der Waals surface area contributed by atoms with Crippen LogP contribution in [0.1, 0.15) is 26.0 Å². The van der Waals surface area contributed by atoms with Crippen LogP contribution in [-0.4, -0.2) is 127 Å². The van der Waals surface area contributed by atoms with Crippen molar-refractivity contribution in [3.63, 3.8) is 0 Å². The number of carbonyl (C=O) groups is 5. The third-order valence-corrected chi connectivity index (χ3v) is 8.56. The quantitative estimate of drug-likeness (QED) is 0.0540. The van der Waals surface area contributed by atoms with E-state index in [1.807, 2.05) is 0 Å². The molecular formula is C26H34N6O11S2. The van der Waals surface area contributed by atoms with Crippen molar-refractivity contribution in [1.82, 2.24) is 20.1 Å². The van der Waals surface area contributed by atoms with E-state index in [1.54, 1.807) is 6.92 Å². The van der Waals surface area contributed by atoms with Gasteiger partial charge in [0, 0.05) is 37.7 Å². The van der Waals surface area contributed by atoms with Crippen LogP contribution in [0.5, 0.6) is 0 Å². The lowest BCUT2D eigenvalue weighted by Crippen LogP contribution is -2.71. The number of thioether (sulfide) groups is 1. The molecule has 1 aromatic heterocycles. The number of nitrogens with zero attached hydrogens (tertiary/aromatic N) is 4.